The van der Waals surface area contributed by atoms with Crippen molar-refractivity contribution in [3.8, 4) is 11.5 Å². The van der Waals surface area contributed by atoms with Gasteiger partial charge in [-0.15, -0.1) is 12.4 Å². The van der Waals surface area contributed by atoms with E-state index >= 15 is 0 Å². The summed E-state index contributed by atoms with van der Waals surface area (Å²) in [7, 11) is 3.15. The molecule has 0 N–H and O–H groups in total. The van der Waals surface area contributed by atoms with Crippen LogP contribution >= 0.6 is 12.4 Å². The molecule has 142 valence electrons. The Morgan fingerprint density at radius 2 is 1.81 bits per heavy atom. The Bertz CT molecular complexity index is 742. The summed E-state index contributed by atoms with van der Waals surface area (Å²) in [5.74, 6) is 2.17. The number of halogens is 1. The summed E-state index contributed by atoms with van der Waals surface area (Å²) in [6.07, 6.45) is 3.80. The summed E-state index contributed by atoms with van der Waals surface area (Å²) in [4.78, 5) is 21.3. The Balaban J connectivity index is 0.00000243. The van der Waals surface area contributed by atoms with E-state index in [1.807, 2.05) is 17.3 Å². The van der Waals surface area contributed by atoms with Crippen LogP contribution in [0.15, 0.2) is 30.6 Å². The number of aromatic nitrogens is 2. The fourth-order valence-corrected chi connectivity index (χ4v) is 3.09. The maximum atomic E-state index is 12.8. The SMILES string of the molecule is CCn1ccnc1N1CCN(C(=O)c2ccc(OC)c(OC)c2)CC1.Cl. The second-order valence-electron chi connectivity index (χ2n) is 5.86. The lowest BCUT2D eigenvalue weighted by molar-refractivity contribution is 0.0745. The summed E-state index contributed by atoms with van der Waals surface area (Å²) in [6, 6.07) is 5.28. The minimum Gasteiger partial charge on any atom is -0.493 e. The van der Waals surface area contributed by atoms with Gasteiger partial charge in [-0.25, -0.2) is 4.98 Å². The molecule has 3 rings (SSSR count). The van der Waals surface area contributed by atoms with Crippen LogP contribution in [0.25, 0.3) is 0 Å². The van der Waals surface area contributed by atoms with Crippen molar-refractivity contribution in [2.75, 3.05) is 45.3 Å². The van der Waals surface area contributed by atoms with Crippen LogP contribution in [0.5, 0.6) is 11.5 Å². The number of hydrogen-bond donors (Lipinski definition) is 0. The second kappa shape index (κ2) is 8.80. The van der Waals surface area contributed by atoms with E-state index in [2.05, 4.69) is 21.4 Å². The third-order valence-electron chi connectivity index (χ3n) is 4.51. The monoisotopic (exact) mass is 380 g/mol. The number of benzene rings is 1. The van der Waals surface area contributed by atoms with Gasteiger partial charge in [-0.2, -0.15) is 0 Å². The van der Waals surface area contributed by atoms with E-state index in [0.717, 1.165) is 25.6 Å². The molecular formula is C18H25ClN4O3. The molecule has 0 saturated carbocycles. The Morgan fingerprint density at radius 3 is 2.42 bits per heavy atom. The summed E-state index contributed by atoms with van der Waals surface area (Å²) in [5.41, 5.74) is 0.612. The fraction of sp³-hybridized carbons (Fsp3) is 0.444. The standard InChI is InChI=1S/C18H24N4O3.ClH/c1-4-20-8-7-19-18(20)22-11-9-21(10-12-22)17(23)14-5-6-15(24-2)16(13-14)25-3;/h5-8,13H,4,9-12H2,1-3H3;1H. The summed E-state index contributed by atoms with van der Waals surface area (Å²) >= 11 is 0. The van der Waals surface area contributed by atoms with Crippen LogP contribution in [0.3, 0.4) is 0 Å². The highest BCUT2D eigenvalue weighted by Gasteiger charge is 2.24. The second-order valence-corrected chi connectivity index (χ2v) is 5.86. The lowest BCUT2D eigenvalue weighted by Crippen LogP contribution is -2.49. The number of imidazole rings is 1. The number of carbonyl (C=O) groups excluding carboxylic acids is 1. The Morgan fingerprint density at radius 1 is 1.12 bits per heavy atom. The Labute approximate surface area is 159 Å². The van der Waals surface area contributed by atoms with Gasteiger partial charge in [0, 0.05) is 50.7 Å². The van der Waals surface area contributed by atoms with Crippen molar-refractivity contribution < 1.29 is 14.3 Å². The van der Waals surface area contributed by atoms with Gasteiger partial charge in [-0.3, -0.25) is 4.79 Å². The van der Waals surface area contributed by atoms with Crippen molar-refractivity contribution in [1.29, 1.82) is 0 Å². The molecule has 1 aliphatic rings. The average Bonchev–Trinajstić information content (AvgIpc) is 3.15. The molecule has 2 aromatic rings. The van der Waals surface area contributed by atoms with Crippen molar-refractivity contribution >= 4 is 24.3 Å². The van der Waals surface area contributed by atoms with Crippen LogP contribution in [0.2, 0.25) is 0 Å². The Kier molecular flexibility index (Phi) is 6.74. The zero-order valence-corrected chi connectivity index (χ0v) is 16.2. The molecule has 0 radical (unpaired) electrons. The first-order valence-electron chi connectivity index (χ1n) is 8.45. The van der Waals surface area contributed by atoms with Crippen molar-refractivity contribution in [3.05, 3.63) is 36.2 Å². The molecule has 0 spiro atoms. The summed E-state index contributed by atoms with van der Waals surface area (Å²) in [5, 5.41) is 0. The highest BCUT2D eigenvalue weighted by atomic mass is 35.5. The van der Waals surface area contributed by atoms with E-state index in [0.29, 0.717) is 30.2 Å². The van der Waals surface area contributed by atoms with Gasteiger partial charge in [-0.05, 0) is 25.1 Å². The zero-order valence-electron chi connectivity index (χ0n) is 15.3. The van der Waals surface area contributed by atoms with Gasteiger partial charge in [0.05, 0.1) is 14.2 Å². The number of ether oxygens (including phenoxy) is 2. The van der Waals surface area contributed by atoms with Crippen LogP contribution in [-0.2, 0) is 6.54 Å². The van der Waals surface area contributed by atoms with Gasteiger partial charge in [-0.1, -0.05) is 0 Å². The molecule has 1 amide bonds. The molecule has 2 heterocycles. The summed E-state index contributed by atoms with van der Waals surface area (Å²) in [6.45, 7) is 5.88. The number of aryl methyl sites for hydroxylation is 1. The third-order valence-corrected chi connectivity index (χ3v) is 4.51. The van der Waals surface area contributed by atoms with Gasteiger partial charge in [0.15, 0.2) is 11.5 Å². The van der Waals surface area contributed by atoms with Crippen LogP contribution in [-0.4, -0.2) is 60.8 Å². The summed E-state index contributed by atoms with van der Waals surface area (Å²) < 4.78 is 12.6. The van der Waals surface area contributed by atoms with Gasteiger partial charge < -0.3 is 23.8 Å². The lowest BCUT2D eigenvalue weighted by Gasteiger charge is -2.35. The van der Waals surface area contributed by atoms with E-state index in [1.54, 1.807) is 32.4 Å². The molecule has 0 unspecified atom stereocenters. The van der Waals surface area contributed by atoms with Crippen molar-refractivity contribution in [2.24, 2.45) is 0 Å². The first kappa shape index (κ1) is 19.9. The largest absolute Gasteiger partial charge is 0.493 e. The van der Waals surface area contributed by atoms with Crippen LogP contribution < -0.4 is 14.4 Å². The molecule has 1 saturated heterocycles. The first-order valence-corrected chi connectivity index (χ1v) is 8.45. The van der Waals surface area contributed by atoms with Gasteiger partial charge in [0.2, 0.25) is 5.95 Å². The van der Waals surface area contributed by atoms with Crippen LogP contribution in [0.1, 0.15) is 17.3 Å². The highest BCUT2D eigenvalue weighted by Crippen LogP contribution is 2.28. The van der Waals surface area contributed by atoms with Gasteiger partial charge in [0.25, 0.3) is 5.91 Å². The smallest absolute Gasteiger partial charge is 0.254 e. The molecular weight excluding hydrogens is 356 g/mol. The molecule has 1 fully saturated rings. The molecule has 1 aromatic carbocycles. The molecule has 1 aliphatic heterocycles. The molecule has 0 bridgehead atoms. The average molecular weight is 381 g/mol. The predicted molar refractivity (Wildman–Crippen MR) is 103 cm³/mol. The molecule has 8 heteroatoms. The number of nitrogens with zero attached hydrogens (tertiary/aromatic N) is 4. The zero-order chi connectivity index (χ0) is 17.8. The molecule has 7 nitrogen and oxygen atoms in total. The van der Waals surface area contributed by atoms with Gasteiger partial charge in [0.1, 0.15) is 0 Å². The molecule has 0 atom stereocenters. The first-order chi connectivity index (χ1) is 12.2. The van der Waals surface area contributed by atoms with Crippen LogP contribution in [0.4, 0.5) is 5.95 Å². The maximum absolute atomic E-state index is 12.8. The number of piperazine rings is 1. The van der Waals surface area contributed by atoms with E-state index in [1.165, 1.54) is 0 Å². The third kappa shape index (κ3) is 3.88. The molecule has 1 aromatic heterocycles. The Hall–Kier alpha value is -2.41. The number of hydrogen-bond acceptors (Lipinski definition) is 5. The van der Waals surface area contributed by atoms with Crippen molar-refractivity contribution in [2.45, 2.75) is 13.5 Å². The van der Waals surface area contributed by atoms with E-state index in [9.17, 15) is 4.79 Å². The minimum absolute atomic E-state index is 0. The number of methoxy groups -OCH3 is 2. The van der Waals surface area contributed by atoms with Crippen LogP contribution in [0, 0.1) is 0 Å². The normalized spacial score (nSPS) is 14.0. The topological polar surface area (TPSA) is 59.8 Å². The number of amides is 1. The minimum atomic E-state index is 0. The highest BCUT2D eigenvalue weighted by molar-refractivity contribution is 5.95. The number of anilines is 1. The van der Waals surface area contributed by atoms with E-state index < -0.39 is 0 Å². The number of carbonyl (C=O) groups is 1. The van der Waals surface area contributed by atoms with Gasteiger partial charge >= 0.3 is 0 Å². The quantitative estimate of drug-likeness (QED) is 0.796. The fourth-order valence-electron chi connectivity index (χ4n) is 3.09. The lowest BCUT2D eigenvalue weighted by atomic mass is 10.1. The predicted octanol–water partition coefficient (Wildman–Crippen LogP) is 2.30. The van der Waals surface area contributed by atoms with E-state index in [-0.39, 0.29) is 18.3 Å². The van der Waals surface area contributed by atoms with Crippen molar-refractivity contribution in [3.63, 3.8) is 0 Å². The molecule has 26 heavy (non-hydrogen) atoms. The number of rotatable bonds is 5. The maximum Gasteiger partial charge on any atom is 0.254 e. The molecule has 0 aliphatic carbocycles. The van der Waals surface area contributed by atoms with E-state index in [4.69, 9.17) is 9.47 Å². The van der Waals surface area contributed by atoms with Crippen molar-refractivity contribution in [1.82, 2.24) is 14.5 Å².